The SMILES string of the molecule is CC(C)=CCC[C@]1(C)C[C@H](O)c2c(O)c3c(c(CC=C(C)C)c2O1)O[C@]12C(=C[C@@H]4C[C@@H]1C(C)(C)O[C@@]2(C/C=C(\C)C(=O)O)C4=O)C3=O. The lowest BCUT2D eigenvalue weighted by Gasteiger charge is -2.56. The van der Waals surface area contributed by atoms with E-state index in [1.165, 1.54) is 18.6 Å². The van der Waals surface area contributed by atoms with E-state index in [2.05, 4.69) is 6.08 Å². The van der Waals surface area contributed by atoms with Gasteiger partial charge in [-0.25, -0.2) is 4.79 Å². The molecular weight excluding hydrogens is 600 g/mol. The lowest BCUT2D eigenvalue weighted by Crippen LogP contribution is -2.72. The molecule has 1 aromatic rings. The third-order valence-corrected chi connectivity index (χ3v) is 10.9. The highest BCUT2D eigenvalue weighted by atomic mass is 16.6. The first-order valence-electron chi connectivity index (χ1n) is 16.5. The topological polar surface area (TPSA) is 140 Å². The predicted octanol–water partition coefficient (Wildman–Crippen LogP) is 6.65. The van der Waals surface area contributed by atoms with Crippen LogP contribution in [-0.4, -0.2) is 55.3 Å². The molecule has 3 heterocycles. The highest BCUT2D eigenvalue weighted by Crippen LogP contribution is 2.69. The van der Waals surface area contributed by atoms with Crippen LogP contribution in [0.1, 0.15) is 115 Å². The molecule has 7 rings (SSSR count). The van der Waals surface area contributed by atoms with E-state index in [1.807, 2.05) is 54.5 Å². The summed E-state index contributed by atoms with van der Waals surface area (Å²) in [6, 6.07) is 0. The Morgan fingerprint density at radius 3 is 2.32 bits per heavy atom. The fourth-order valence-electron chi connectivity index (χ4n) is 8.64. The number of carboxylic acid groups (broad SMARTS) is 1. The molecule has 1 spiro atoms. The summed E-state index contributed by atoms with van der Waals surface area (Å²) in [7, 11) is 0. The largest absolute Gasteiger partial charge is 0.506 e. The van der Waals surface area contributed by atoms with Gasteiger partial charge < -0.3 is 29.5 Å². The molecule has 3 N–H and O–H groups in total. The zero-order valence-electron chi connectivity index (χ0n) is 28.6. The van der Waals surface area contributed by atoms with E-state index in [9.17, 15) is 29.7 Å². The van der Waals surface area contributed by atoms with Gasteiger partial charge in [-0.05, 0) is 81.1 Å². The van der Waals surface area contributed by atoms with Gasteiger partial charge in [0.25, 0.3) is 0 Å². The molecule has 47 heavy (non-hydrogen) atoms. The van der Waals surface area contributed by atoms with Crippen molar-refractivity contribution in [3.05, 3.63) is 63.3 Å². The maximum Gasteiger partial charge on any atom is 0.330 e. The van der Waals surface area contributed by atoms with E-state index in [0.29, 0.717) is 18.4 Å². The van der Waals surface area contributed by atoms with Crippen molar-refractivity contribution >= 4 is 17.5 Å². The van der Waals surface area contributed by atoms with Gasteiger partial charge in [0, 0.05) is 41.4 Å². The minimum atomic E-state index is -1.67. The second-order valence-electron chi connectivity index (χ2n) is 15.3. The molecule has 1 saturated heterocycles. The third kappa shape index (κ3) is 4.75. The Bertz CT molecular complexity index is 1720. The van der Waals surface area contributed by atoms with E-state index in [-0.39, 0.29) is 64.6 Å². The van der Waals surface area contributed by atoms with Gasteiger partial charge in [0.1, 0.15) is 28.4 Å². The van der Waals surface area contributed by atoms with Gasteiger partial charge >= 0.3 is 5.97 Å². The van der Waals surface area contributed by atoms with Crippen LogP contribution in [0.3, 0.4) is 0 Å². The van der Waals surface area contributed by atoms with Crippen molar-refractivity contribution < 1.29 is 43.9 Å². The van der Waals surface area contributed by atoms with Crippen molar-refractivity contribution in [3.8, 4) is 17.2 Å². The van der Waals surface area contributed by atoms with Gasteiger partial charge in [0.15, 0.2) is 22.8 Å². The summed E-state index contributed by atoms with van der Waals surface area (Å²) in [6.45, 7) is 15.1. The van der Waals surface area contributed by atoms with Crippen LogP contribution in [0, 0.1) is 11.8 Å². The molecule has 0 amide bonds. The van der Waals surface area contributed by atoms with E-state index < -0.39 is 52.1 Å². The molecule has 2 fully saturated rings. The number of aliphatic carboxylic acids is 1. The van der Waals surface area contributed by atoms with Crippen LogP contribution in [-0.2, 0) is 20.7 Å². The number of phenolic OH excluding ortho intramolecular Hbond substituents is 1. The molecule has 6 atom stereocenters. The quantitative estimate of drug-likeness (QED) is 0.209. The lowest BCUT2D eigenvalue weighted by atomic mass is 9.51. The number of carbonyl (C=O) groups is 3. The number of phenols is 1. The van der Waals surface area contributed by atoms with Crippen LogP contribution in [0.5, 0.6) is 17.2 Å². The fourth-order valence-corrected chi connectivity index (χ4v) is 8.64. The second kappa shape index (κ2) is 10.9. The Hall–Kier alpha value is -3.69. The number of ether oxygens (including phenoxy) is 3. The molecule has 1 aromatic carbocycles. The summed E-state index contributed by atoms with van der Waals surface area (Å²) in [5.41, 5.74) is -1.83. The minimum absolute atomic E-state index is 0.0497. The Morgan fingerprint density at radius 1 is 1.00 bits per heavy atom. The van der Waals surface area contributed by atoms with Crippen LogP contribution in [0.25, 0.3) is 0 Å². The van der Waals surface area contributed by atoms with Gasteiger partial charge in [0.2, 0.25) is 0 Å². The highest BCUT2D eigenvalue weighted by Gasteiger charge is 2.81. The summed E-state index contributed by atoms with van der Waals surface area (Å²) >= 11 is 0. The average Bonchev–Trinajstić information content (AvgIpc) is 3.11. The molecule has 3 aliphatic heterocycles. The van der Waals surface area contributed by atoms with E-state index in [0.717, 1.165) is 12.0 Å². The number of carbonyl (C=O) groups excluding carboxylic acids is 2. The van der Waals surface area contributed by atoms with Gasteiger partial charge in [-0.3, -0.25) is 9.59 Å². The number of benzene rings is 1. The Labute approximate surface area is 276 Å². The fraction of sp³-hybridized carbons (Fsp3) is 0.553. The predicted molar refractivity (Wildman–Crippen MR) is 175 cm³/mol. The molecule has 0 unspecified atom stereocenters. The number of aromatic hydroxyl groups is 1. The molecule has 3 aliphatic carbocycles. The standard InChI is InChI=1S/C38H46O9/c1-19(2)10-9-14-36(8)18-25(39)27-30(41)28-29(40)24-16-22-17-26-35(6,7)47-37(33(22)42,15-13-21(5)34(43)44)38(24,26)46-32(28)23(31(27)45-36)12-11-20(3)4/h10-11,13,16,22,25-26,39,41H,9,12,14-15,17-18H2,1-8H3,(H,43,44)/b21-13+/t22-,25+,26-,36-,37+,38-/m1/s1. The van der Waals surface area contributed by atoms with Crippen molar-refractivity contribution in [1.82, 2.24) is 0 Å². The van der Waals surface area contributed by atoms with Crippen molar-refractivity contribution in [2.45, 2.75) is 122 Å². The Balaban J connectivity index is 1.60. The zero-order valence-corrected chi connectivity index (χ0v) is 28.6. The number of allylic oxidation sites excluding steroid dienone is 5. The number of fused-ring (bicyclic) bond motifs is 2. The molecule has 0 radical (unpaired) electrons. The maximum atomic E-state index is 14.8. The molecular formula is C38H46O9. The number of Topliss-reactive ketones (excluding diaryl/α,β-unsaturated/α-hetero) is 2. The first kappa shape index (κ1) is 33.2. The van der Waals surface area contributed by atoms with Gasteiger partial charge in [-0.2, -0.15) is 0 Å². The van der Waals surface area contributed by atoms with Crippen molar-refractivity contribution in [3.63, 3.8) is 0 Å². The van der Waals surface area contributed by atoms with Crippen molar-refractivity contribution in [2.24, 2.45) is 11.8 Å². The number of ketones is 2. The summed E-state index contributed by atoms with van der Waals surface area (Å²) in [5, 5.41) is 33.0. The molecule has 252 valence electrons. The van der Waals surface area contributed by atoms with E-state index in [1.54, 1.807) is 6.08 Å². The minimum Gasteiger partial charge on any atom is -0.506 e. The monoisotopic (exact) mass is 646 g/mol. The van der Waals surface area contributed by atoms with Crippen LogP contribution in [0.2, 0.25) is 0 Å². The number of aliphatic hydroxyl groups is 1. The maximum absolute atomic E-state index is 14.8. The molecule has 4 bridgehead atoms. The molecule has 6 aliphatic rings. The lowest BCUT2D eigenvalue weighted by molar-refractivity contribution is -0.171. The molecule has 9 heteroatoms. The average molecular weight is 647 g/mol. The summed E-state index contributed by atoms with van der Waals surface area (Å²) in [5.74, 6) is -2.90. The summed E-state index contributed by atoms with van der Waals surface area (Å²) in [4.78, 5) is 40.9. The van der Waals surface area contributed by atoms with Gasteiger partial charge in [-0.15, -0.1) is 0 Å². The van der Waals surface area contributed by atoms with Crippen molar-refractivity contribution in [1.29, 1.82) is 0 Å². The van der Waals surface area contributed by atoms with Gasteiger partial charge in [-0.1, -0.05) is 35.5 Å². The Morgan fingerprint density at radius 2 is 1.68 bits per heavy atom. The third-order valence-electron chi connectivity index (χ3n) is 10.9. The van der Waals surface area contributed by atoms with Crippen LogP contribution in [0.15, 0.2) is 46.6 Å². The number of rotatable bonds is 8. The van der Waals surface area contributed by atoms with Crippen molar-refractivity contribution in [2.75, 3.05) is 0 Å². The second-order valence-corrected chi connectivity index (χ2v) is 15.3. The van der Waals surface area contributed by atoms with E-state index in [4.69, 9.17) is 14.2 Å². The smallest absolute Gasteiger partial charge is 0.330 e. The first-order chi connectivity index (χ1) is 21.9. The van der Waals surface area contributed by atoms with Gasteiger partial charge in [0.05, 0.1) is 17.3 Å². The zero-order chi connectivity index (χ0) is 34.4. The molecule has 9 nitrogen and oxygen atoms in total. The number of aliphatic hydroxyl groups excluding tert-OH is 1. The van der Waals surface area contributed by atoms with Crippen LogP contribution < -0.4 is 9.47 Å². The number of hydrogen-bond acceptors (Lipinski definition) is 8. The Kier molecular flexibility index (Phi) is 7.72. The molecule has 0 aromatic heterocycles. The first-order valence-corrected chi connectivity index (χ1v) is 16.5. The summed E-state index contributed by atoms with van der Waals surface area (Å²) in [6.07, 6.45) is 8.28. The normalized spacial score (nSPS) is 32.7. The van der Waals surface area contributed by atoms with Crippen LogP contribution in [0.4, 0.5) is 0 Å². The van der Waals surface area contributed by atoms with E-state index >= 15 is 0 Å². The summed E-state index contributed by atoms with van der Waals surface area (Å²) < 4.78 is 20.6. The highest BCUT2D eigenvalue weighted by molar-refractivity contribution is 6.18. The number of carboxylic acids is 1. The molecule has 1 saturated carbocycles. The van der Waals surface area contributed by atoms with Crippen LogP contribution >= 0.6 is 0 Å². The number of hydrogen-bond donors (Lipinski definition) is 3.